The third-order valence-electron chi connectivity index (χ3n) is 6.50. The molecule has 37 heavy (non-hydrogen) atoms. The fourth-order valence-corrected chi connectivity index (χ4v) is 5.67. The number of hydrazone groups is 1. The molecule has 0 saturated carbocycles. The van der Waals surface area contributed by atoms with Crippen molar-refractivity contribution in [1.29, 1.82) is 0 Å². The lowest BCUT2D eigenvalue weighted by molar-refractivity contribution is -0.121. The normalized spacial score (nSPS) is 19.1. The number of carbonyl (C=O) groups excluding carboxylic acids is 2. The summed E-state index contributed by atoms with van der Waals surface area (Å²) in [5.41, 5.74) is 7.02. The molecular weight excluding hydrogens is 504 g/mol. The number of halogens is 1. The van der Waals surface area contributed by atoms with Crippen molar-refractivity contribution in [1.82, 2.24) is 5.01 Å². The molecule has 5 rings (SSSR count). The van der Waals surface area contributed by atoms with Crippen LogP contribution in [-0.4, -0.2) is 33.0 Å². The molecule has 0 spiro atoms. The summed E-state index contributed by atoms with van der Waals surface area (Å²) in [6.07, 6.45) is 0.702. The second-order valence-electron chi connectivity index (χ2n) is 9.44. The molecule has 3 aromatic rings. The minimum Gasteiger partial charge on any atom is -0.326 e. The molecule has 2 aliphatic rings. The van der Waals surface area contributed by atoms with Crippen LogP contribution >= 0.6 is 23.4 Å². The van der Waals surface area contributed by atoms with Crippen LogP contribution in [0.1, 0.15) is 46.7 Å². The fourth-order valence-electron chi connectivity index (χ4n) is 4.48. The van der Waals surface area contributed by atoms with E-state index in [0.717, 1.165) is 33.7 Å². The lowest BCUT2D eigenvalue weighted by Crippen LogP contribution is -2.25. The second kappa shape index (κ2) is 10.5. The van der Waals surface area contributed by atoms with E-state index in [1.165, 1.54) is 17.3 Å². The Balaban J connectivity index is 1.35. The topological polar surface area (TPSA) is 74.1 Å². The number of rotatable bonds is 5. The van der Waals surface area contributed by atoms with Crippen molar-refractivity contribution in [3.8, 4) is 0 Å². The van der Waals surface area contributed by atoms with Gasteiger partial charge < -0.3 is 5.32 Å². The minimum absolute atomic E-state index is 0.0395. The maximum atomic E-state index is 12.8. The monoisotopic (exact) mass is 530 g/mol. The van der Waals surface area contributed by atoms with Gasteiger partial charge in [-0.1, -0.05) is 83.0 Å². The zero-order valence-corrected chi connectivity index (χ0v) is 22.4. The molecule has 0 fully saturated rings. The van der Waals surface area contributed by atoms with Crippen LogP contribution in [0.5, 0.6) is 0 Å². The van der Waals surface area contributed by atoms with Crippen molar-refractivity contribution in [3.63, 3.8) is 0 Å². The Morgan fingerprint density at radius 2 is 1.73 bits per heavy atom. The van der Waals surface area contributed by atoms with E-state index in [0.29, 0.717) is 16.6 Å². The van der Waals surface area contributed by atoms with Gasteiger partial charge in [-0.15, -0.1) is 0 Å². The molecule has 0 unspecified atom stereocenters. The fraction of sp³-hybridized carbons (Fsp3) is 0.241. The lowest BCUT2D eigenvalue weighted by Gasteiger charge is -2.23. The van der Waals surface area contributed by atoms with E-state index >= 15 is 0 Å². The van der Waals surface area contributed by atoms with Crippen LogP contribution in [0.3, 0.4) is 0 Å². The molecular formula is C29H27ClN4O2S. The number of aliphatic imine (C=N–C) groups is 1. The van der Waals surface area contributed by atoms with E-state index in [2.05, 4.69) is 41.5 Å². The molecule has 1 N–H and O–H groups in total. The highest BCUT2D eigenvalue weighted by Crippen LogP contribution is 2.39. The first-order chi connectivity index (χ1) is 17.8. The summed E-state index contributed by atoms with van der Waals surface area (Å²) in [5.74, 6) is -0.529. The van der Waals surface area contributed by atoms with Gasteiger partial charge in [-0.3, -0.25) is 9.59 Å². The number of carbonyl (C=O) groups is 2. The summed E-state index contributed by atoms with van der Waals surface area (Å²) >= 11 is 7.43. The average Bonchev–Trinajstić information content (AvgIpc) is 3.46. The summed E-state index contributed by atoms with van der Waals surface area (Å²) in [4.78, 5) is 29.9. The predicted octanol–water partition coefficient (Wildman–Crippen LogP) is 6.44. The van der Waals surface area contributed by atoms with Crippen LogP contribution in [0.15, 0.2) is 76.8 Å². The van der Waals surface area contributed by atoms with Crippen LogP contribution in [0.25, 0.3) is 0 Å². The number of amidine groups is 1. The molecule has 188 valence electrons. The van der Waals surface area contributed by atoms with Gasteiger partial charge in [0.15, 0.2) is 5.17 Å². The Hall–Kier alpha value is -3.42. The Bertz CT molecular complexity index is 1420. The van der Waals surface area contributed by atoms with Gasteiger partial charge in [0.25, 0.3) is 5.91 Å². The largest absolute Gasteiger partial charge is 0.326 e. The summed E-state index contributed by atoms with van der Waals surface area (Å²) in [6.45, 7) is 6.01. The number of benzene rings is 3. The van der Waals surface area contributed by atoms with Crippen molar-refractivity contribution in [2.45, 2.75) is 44.9 Å². The number of nitrogens with one attached hydrogen (secondary N) is 1. The SMILES string of the molecule is Cc1ccc(C2=NN(C3=NC(=O)[C@H](CC(=O)Nc4ccc(C)cc4C)S3)[C@H](c3ccc(Cl)cc3)C2)cc1. The maximum Gasteiger partial charge on any atom is 0.262 e. The maximum absolute atomic E-state index is 12.8. The second-order valence-corrected chi connectivity index (χ2v) is 11.0. The predicted molar refractivity (Wildman–Crippen MR) is 151 cm³/mol. The first-order valence-electron chi connectivity index (χ1n) is 12.1. The smallest absolute Gasteiger partial charge is 0.262 e. The van der Waals surface area contributed by atoms with Gasteiger partial charge in [-0.2, -0.15) is 10.1 Å². The molecule has 2 heterocycles. The summed E-state index contributed by atoms with van der Waals surface area (Å²) in [6, 6.07) is 21.6. The van der Waals surface area contributed by atoms with Crippen molar-refractivity contribution < 1.29 is 9.59 Å². The summed E-state index contributed by atoms with van der Waals surface area (Å²) < 4.78 is 0. The van der Waals surface area contributed by atoms with Gasteiger partial charge >= 0.3 is 0 Å². The van der Waals surface area contributed by atoms with Crippen molar-refractivity contribution in [2.75, 3.05) is 5.32 Å². The Kier molecular flexibility index (Phi) is 7.17. The molecule has 2 aliphatic heterocycles. The van der Waals surface area contributed by atoms with Gasteiger partial charge in [-0.05, 0) is 55.7 Å². The quantitative estimate of drug-likeness (QED) is 0.411. The highest BCUT2D eigenvalue weighted by molar-refractivity contribution is 8.15. The first-order valence-corrected chi connectivity index (χ1v) is 13.4. The molecule has 0 bridgehead atoms. The number of hydrogen-bond acceptors (Lipinski definition) is 5. The van der Waals surface area contributed by atoms with Gasteiger partial charge in [-0.25, -0.2) is 5.01 Å². The molecule has 2 amide bonds. The van der Waals surface area contributed by atoms with E-state index in [9.17, 15) is 9.59 Å². The average molecular weight is 531 g/mol. The zero-order valence-electron chi connectivity index (χ0n) is 20.9. The third kappa shape index (κ3) is 5.63. The molecule has 3 aromatic carbocycles. The van der Waals surface area contributed by atoms with E-state index in [1.807, 2.05) is 61.3 Å². The van der Waals surface area contributed by atoms with Gasteiger partial charge in [0.1, 0.15) is 5.25 Å². The van der Waals surface area contributed by atoms with Gasteiger partial charge in [0.2, 0.25) is 5.91 Å². The van der Waals surface area contributed by atoms with E-state index in [4.69, 9.17) is 16.7 Å². The molecule has 0 saturated heterocycles. The highest BCUT2D eigenvalue weighted by Gasteiger charge is 2.39. The zero-order chi connectivity index (χ0) is 26.1. The van der Waals surface area contributed by atoms with Crippen molar-refractivity contribution in [3.05, 3.63) is 99.6 Å². The Morgan fingerprint density at radius 1 is 1.03 bits per heavy atom. The highest BCUT2D eigenvalue weighted by atomic mass is 35.5. The van der Waals surface area contributed by atoms with Crippen LogP contribution < -0.4 is 5.32 Å². The summed E-state index contributed by atoms with van der Waals surface area (Å²) in [5, 5.41) is 10.2. The number of anilines is 1. The van der Waals surface area contributed by atoms with Crippen LogP contribution in [-0.2, 0) is 9.59 Å². The number of aryl methyl sites for hydroxylation is 3. The first kappa shape index (κ1) is 25.2. The van der Waals surface area contributed by atoms with Crippen molar-refractivity contribution in [2.24, 2.45) is 10.1 Å². The van der Waals surface area contributed by atoms with Crippen LogP contribution in [0.2, 0.25) is 5.02 Å². The Labute approximate surface area is 225 Å². The third-order valence-corrected chi connectivity index (χ3v) is 7.90. The van der Waals surface area contributed by atoms with E-state index in [1.54, 1.807) is 0 Å². The molecule has 2 atom stereocenters. The Morgan fingerprint density at radius 3 is 2.43 bits per heavy atom. The molecule has 0 aliphatic carbocycles. The molecule has 0 radical (unpaired) electrons. The van der Waals surface area contributed by atoms with Crippen LogP contribution in [0, 0.1) is 20.8 Å². The number of thioether (sulfide) groups is 1. The molecule has 6 nitrogen and oxygen atoms in total. The van der Waals surface area contributed by atoms with Gasteiger partial charge in [0.05, 0.1) is 11.8 Å². The lowest BCUT2D eigenvalue weighted by atomic mass is 9.98. The molecule has 0 aromatic heterocycles. The number of amides is 2. The van der Waals surface area contributed by atoms with Crippen molar-refractivity contribution >= 4 is 51.7 Å². The standard InChI is InChI=1S/C29H27ClN4O2S/c1-17-4-7-20(8-5-17)24-15-25(21-9-11-22(30)12-10-21)34(33-24)29-32-28(36)26(37-29)16-27(35)31-23-13-6-18(2)14-19(23)3/h4-14,25-26H,15-16H2,1-3H3,(H,31,35)/t25-,26-/m0/s1. The molecule has 8 heteroatoms. The van der Waals surface area contributed by atoms with Gasteiger partial charge in [0, 0.05) is 23.6 Å². The van der Waals surface area contributed by atoms with E-state index in [-0.39, 0.29) is 24.3 Å². The number of hydrogen-bond donors (Lipinski definition) is 1. The summed E-state index contributed by atoms with van der Waals surface area (Å²) in [7, 11) is 0. The minimum atomic E-state index is -0.592. The number of nitrogens with zero attached hydrogens (tertiary/aromatic N) is 3. The van der Waals surface area contributed by atoms with Crippen LogP contribution in [0.4, 0.5) is 5.69 Å². The van der Waals surface area contributed by atoms with E-state index < -0.39 is 5.25 Å².